The fraction of sp³-hybridized carbons (Fsp3) is 0.889. The van der Waals surface area contributed by atoms with Crippen LogP contribution in [0.4, 0.5) is 0 Å². The summed E-state index contributed by atoms with van der Waals surface area (Å²) in [5.41, 5.74) is -0.345. The largest absolute Gasteiger partial charge is 0.464 e. The average Bonchev–Trinajstić information content (AvgIpc) is 2.00. The van der Waals surface area contributed by atoms with Gasteiger partial charge in [0.15, 0.2) is 0 Å². The minimum absolute atomic E-state index is 0.0161. The van der Waals surface area contributed by atoms with Gasteiger partial charge in [-0.05, 0) is 14.1 Å². The van der Waals surface area contributed by atoms with E-state index in [0.29, 0.717) is 0 Å². The lowest BCUT2D eigenvalue weighted by atomic mass is 9.97. The number of hydrogen-bond acceptors (Lipinski definition) is 4. The van der Waals surface area contributed by atoms with E-state index in [9.17, 15) is 4.79 Å². The lowest BCUT2D eigenvalue weighted by molar-refractivity contribution is -0.148. The van der Waals surface area contributed by atoms with Crippen LogP contribution >= 0.6 is 0 Å². The van der Waals surface area contributed by atoms with Crippen molar-refractivity contribution in [3.8, 4) is 0 Å². The Morgan fingerprint density at radius 3 is 2.38 bits per heavy atom. The van der Waals surface area contributed by atoms with Crippen LogP contribution in [0, 0.1) is 5.41 Å². The molecule has 0 rings (SSSR count). The number of aliphatic hydroxyl groups is 1. The first-order valence-electron chi connectivity index (χ1n) is 4.28. The van der Waals surface area contributed by atoms with E-state index in [2.05, 4.69) is 0 Å². The molecule has 0 radical (unpaired) electrons. The second-order valence-corrected chi connectivity index (χ2v) is 4.22. The molecular weight excluding hydrogens is 170 g/mol. The maximum absolute atomic E-state index is 11.1. The van der Waals surface area contributed by atoms with Crippen LogP contribution < -0.4 is 0 Å². The Morgan fingerprint density at radius 1 is 1.46 bits per heavy atom. The van der Waals surface area contributed by atoms with Crippen LogP contribution in [0.5, 0.6) is 0 Å². The van der Waals surface area contributed by atoms with Gasteiger partial charge in [-0.1, -0.05) is 13.8 Å². The van der Waals surface area contributed by atoms with Crippen molar-refractivity contribution in [3.63, 3.8) is 0 Å². The number of hydrogen-bond donors (Lipinski definition) is 1. The Morgan fingerprint density at radius 2 is 2.00 bits per heavy atom. The van der Waals surface area contributed by atoms with Crippen molar-refractivity contribution in [2.24, 2.45) is 5.41 Å². The highest BCUT2D eigenvalue weighted by atomic mass is 16.5. The van der Waals surface area contributed by atoms with E-state index in [1.807, 2.05) is 13.8 Å². The molecule has 0 aromatic rings. The normalized spacial score (nSPS) is 11.8. The summed E-state index contributed by atoms with van der Waals surface area (Å²) in [5.74, 6) is -0.258. The number of aliphatic hydroxyl groups excluding tert-OH is 1. The fourth-order valence-corrected chi connectivity index (χ4v) is 0.625. The summed E-state index contributed by atoms with van der Waals surface area (Å²) in [6, 6.07) is 0. The van der Waals surface area contributed by atoms with E-state index in [1.165, 1.54) is 0 Å². The van der Waals surface area contributed by atoms with Gasteiger partial charge >= 0.3 is 5.97 Å². The summed E-state index contributed by atoms with van der Waals surface area (Å²) >= 11 is 0. The molecule has 0 aliphatic heterocycles. The van der Waals surface area contributed by atoms with Crippen molar-refractivity contribution in [1.82, 2.24) is 4.90 Å². The Kier molecular flexibility index (Phi) is 4.95. The molecule has 0 spiro atoms. The maximum atomic E-state index is 11.1. The van der Waals surface area contributed by atoms with Gasteiger partial charge in [0, 0.05) is 5.41 Å². The number of carbonyl (C=O) groups is 1. The zero-order valence-electron chi connectivity index (χ0n) is 8.83. The Labute approximate surface area is 79.5 Å². The molecule has 0 saturated heterocycles. The van der Waals surface area contributed by atoms with Crippen molar-refractivity contribution < 1.29 is 14.6 Å². The molecular formula is C9H19NO3. The average molecular weight is 189 g/mol. The second-order valence-electron chi connectivity index (χ2n) is 4.22. The molecule has 0 saturated carbocycles. The summed E-state index contributed by atoms with van der Waals surface area (Å²) in [7, 11) is 3.61. The molecule has 0 aliphatic carbocycles. The van der Waals surface area contributed by atoms with Crippen LogP contribution in [-0.2, 0) is 9.53 Å². The fourth-order valence-electron chi connectivity index (χ4n) is 0.625. The first-order chi connectivity index (χ1) is 5.87. The Balaban J connectivity index is 3.70. The van der Waals surface area contributed by atoms with Crippen molar-refractivity contribution in [2.45, 2.75) is 13.8 Å². The summed E-state index contributed by atoms with van der Waals surface area (Å²) in [6.07, 6.45) is 0. The lowest BCUT2D eigenvalue weighted by Gasteiger charge is -2.21. The van der Waals surface area contributed by atoms with E-state index < -0.39 is 0 Å². The molecule has 0 heterocycles. The third kappa shape index (κ3) is 6.54. The first kappa shape index (κ1) is 12.4. The predicted molar refractivity (Wildman–Crippen MR) is 50.4 cm³/mol. The molecule has 1 N–H and O–H groups in total. The molecule has 0 aliphatic rings. The summed E-state index contributed by atoms with van der Waals surface area (Å²) in [6.45, 7) is 4.24. The highest BCUT2D eigenvalue weighted by Crippen LogP contribution is 2.13. The van der Waals surface area contributed by atoms with Crippen LogP contribution in [0.25, 0.3) is 0 Å². The summed E-state index contributed by atoms with van der Waals surface area (Å²) < 4.78 is 4.97. The van der Waals surface area contributed by atoms with Gasteiger partial charge in [-0.3, -0.25) is 9.69 Å². The van der Waals surface area contributed by atoms with Gasteiger partial charge in [0.05, 0.1) is 19.8 Å². The zero-order chi connectivity index (χ0) is 10.5. The standard InChI is InChI=1S/C9H19NO3/c1-9(2,6-11)7-13-8(12)5-10(3)4/h11H,5-7H2,1-4H3. The monoisotopic (exact) mass is 189 g/mol. The topological polar surface area (TPSA) is 49.8 Å². The van der Waals surface area contributed by atoms with Crippen LogP contribution in [0.2, 0.25) is 0 Å². The van der Waals surface area contributed by atoms with E-state index in [-0.39, 0.29) is 31.1 Å². The number of carbonyl (C=O) groups excluding carboxylic acids is 1. The molecule has 0 aromatic carbocycles. The van der Waals surface area contributed by atoms with E-state index in [0.717, 1.165) is 0 Å². The van der Waals surface area contributed by atoms with E-state index in [1.54, 1.807) is 19.0 Å². The van der Waals surface area contributed by atoms with Gasteiger partial charge in [-0.15, -0.1) is 0 Å². The van der Waals surface area contributed by atoms with Crippen LogP contribution in [0.15, 0.2) is 0 Å². The summed E-state index contributed by atoms with van der Waals surface area (Å²) in [4.78, 5) is 12.8. The number of rotatable bonds is 5. The minimum atomic E-state index is -0.345. The minimum Gasteiger partial charge on any atom is -0.464 e. The smallest absolute Gasteiger partial charge is 0.320 e. The van der Waals surface area contributed by atoms with Gasteiger partial charge in [-0.25, -0.2) is 0 Å². The number of ether oxygens (including phenoxy) is 1. The van der Waals surface area contributed by atoms with Gasteiger partial charge in [0.2, 0.25) is 0 Å². The van der Waals surface area contributed by atoms with Crippen molar-refractivity contribution in [1.29, 1.82) is 0 Å². The second kappa shape index (κ2) is 5.19. The highest BCUT2D eigenvalue weighted by Gasteiger charge is 2.19. The molecule has 0 fully saturated rings. The van der Waals surface area contributed by atoms with E-state index in [4.69, 9.17) is 9.84 Å². The molecule has 4 nitrogen and oxygen atoms in total. The molecule has 4 heteroatoms. The third-order valence-electron chi connectivity index (χ3n) is 1.50. The molecule has 0 amide bonds. The van der Waals surface area contributed by atoms with Gasteiger partial charge < -0.3 is 9.84 Å². The van der Waals surface area contributed by atoms with Gasteiger partial charge in [0.1, 0.15) is 0 Å². The lowest BCUT2D eigenvalue weighted by Crippen LogP contribution is -2.29. The molecule has 0 atom stereocenters. The quantitative estimate of drug-likeness (QED) is 0.624. The Bertz CT molecular complexity index is 166. The SMILES string of the molecule is CN(C)CC(=O)OCC(C)(C)CO. The van der Waals surface area contributed by atoms with E-state index >= 15 is 0 Å². The van der Waals surface area contributed by atoms with Gasteiger partial charge in [-0.2, -0.15) is 0 Å². The van der Waals surface area contributed by atoms with Crippen molar-refractivity contribution in [3.05, 3.63) is 0 Å². The predicted octanol–water partition coefficient (Wildman–Crippen LogP) is 0.110. The highest BCUT2D eigenvalue weighted by molar-refractivity contribution is 5.71. The molecule has 0 aromatic heterocycles. The third-order valence-corrected chi connectivity index (χ3v) is 1.50. The molecule has 0 bridgehead atoms. The van der Waals surface area contributed by atoms with Gasteiger partial charge in [0.25, 0.3) is 0 Å². The molecule has 0 unspecified atom stereocenters. The number of nitrogens with zero attached hydrogens (tertiary/aromatic N) is 1. The maximum Gasteiger partial charge on any atom is 0.320 e. The molecule has 78 valence electrons. The number of esters is 1. The Hall–Kier alpha value is -0.610. The van der Waals surface area contributed by atoms with Crippen molar-refractivity contribution in [2.75, 3.05) is 33.9 Å². The van der Waals surface area contributed by atoms with Crippen LogP contribution in [0.1, 0.15) is 13.8 Å². The van der Waals surface area contributed by atoms with Crippen LogP contribution in [-0.4, -0.2) is 49.8 Å². The zero-order valence-corrected chi connectivity index (χ0v) is 8.83. The van der Waals surface area contributed by atoms with Crippen LogP contribution in [0.3, 0.4) is 0 Å². The summed E-state index contributed by atoms with van der Waals surface area (Å²) in [5, 5.41) is 8.89. The first-order valence-corrected chi connectivity index (χ1v) is 4.28. The number of likely N-dealkylation sites (N-methyl/N-ethyl adjacent to an activating group) is 1. The van der Waals surface area contributed by atoms with Crippen molar-refractivity contribution >= 4 is 5.97 Å². The molecule has 13 heavy (non-hydrogen) atoms.